The van der Waals surface area contributed by atoms with Gasteiger partial charge in [-0.15, -0.1) is 0 Å². The maximum absolute atomic E-state index is 10.7. The van der Waals surface area contributed by atoms with Gasteiger partial charge in [0.15, 0.2) is 0 Å². The second-order valence-electron chi connectivity index (χ2n) is 2.67. The Balaban J connectivity index is 2.61. The lowest BCUT2D eigenvalue weighted by Gasteiger charge is -2.25. The van der Waals surface area contributed by atoms with Gasteiger partial charge in [-0.25, -0.2) is 0 Å². The molecule has 0 aromatic rings. The second-order valence-corrected chi connectivity index (χ2v) is 2.67. The number of nitrogens with two attached hydrogens (primary N) is 1. The number of nitrogens with zero attached hydrogens (tertiary/aromatic N) is 2. The molecule has 1 aliphatic heterocycles. The van der Waals surface area contributed by atoms with Crippen LogP contribution in [0.4, 0.5) is 0 Å². The molecule has 1 rings (SSSR count). The number of hydrogen-bond acceptors (Lipinski definition) is 4. The minimum absolute atomic E-state index is 0.0121. The predicted molar refractivity (Wildman–Crippen MR) is 45.3 cm³/mol. The van der Waals surface area contributed by atoms with Crippen molar-refractivity contribution in [3.05, 3.63) is 11.8 Å². The van der Waals surface area contributed by atoms with Crippen molar-refractivity contribution in [2.24, 2.45) is 5.73 Å². The van der Waals surface area contributed by atoms with Crippen molar-refractivity contribution in [1.82, 2.24) is 4.90 Å². The smallest absolute Gasteiger partial charge is 0.260 e. The number of morpholine rings is 1. The molecule has 1 amide bonds. The topological polar surface area (TPSA) is 79.3 Å². The molecule has 13 heavy (non-hydrogen) atoms. The van der Waals surface area contributed by atoms with Gasteiger partial charge in [0.2, 0.25) is 0 Å². The number of ether oxygens (including phenoxy) is 1. The second kappa shape index (κ2) is 4.48. The third-order valence-electron chi connectivity index (χ3n) is 1.74. The highest BCUT2D eigenvalue weighted by molar-refractivity contribution is 5.95. The monoisotopic (exact) mass is 181 g/mol. The van der Waals surface area contributed by atoms with Crippen LogP contribution in [0.15, 0.2) is 11.8 Å². The van der Waals surface area contributed by atoms with Gasteiger partial charge in [0, 0.05) is 19.3 Å². The first-order valence-corrected chi connectivity index (χ1v) is 3.97. The fourth-order valence-electron chi connectivity index (χ4n) is 1.04. The molecule has 0 unspecified atom stereocenters. The number of rotatable bonds is 2. The molecule has 1 aliphatic rings. The van der Waals surface area contributed by atoms with E-state index >= 15 is 0 Å². The van der Waals surface area contributed by atoms with Gasteiger partial charge >= 0.3 is 0 Å². The predicted octanol–water partition coefficient (Wildman–Crippen LogP) is -0.789. The van der Waals surface area contributed by atoms with Crippen molar-refractivity contribution in [1.29, 1.82) is 5.26 Å². The van der Waals surface area contributed by atoms with E-state index in [1.165, 1.54) is 6.20 Å². The first kappa shape index (κ1) is 9.55. The zero-order valence-corrected chi connectivity index (χ0v) is 7.19. The molecule has 1 saturated heterocycles. The van der Waals surface area contributed by atoms with Crippen molar-refractivity contribution in [3.63, 3.8) is 0 Å². The highest BCUT2D eigenvalue weighted by atomic mass is 16.5. The molecule has 0 aromatic carbocycles. The molecule has 0 atom stereocenters. The van der Waals surface area contributed by atoms with Gasteiger partial charge in [0.05, 0.1) is 13.2 Å². The molecule has 1 heterocycles. The lowest BCUT2D eigenvalue weighted by Crippen LogP contribution is -2.33. The molecular weight excluding hydrogens is 170 g/mol. The Morgan fingerprint density at radius 3 is 2.62 bits per heavy atom. The summed E-state index contributed by atoms with van der Waals surface area (Å²) in [6, 6.07) is 1.75. The van der Waals surface area contributed by atoms with E-state index < -0.39 is 5.91 Å². The highest BCUT2D eigenvalue weighted by Gasteiger charge is 2.10. The molecule has 0 aliphatic carbocycles. The summed E-state index contributed by atoms with van der Waals surface area (Å²) < 4.78 is 5.11. The summed E-state index contributed by atoms with van der Waals surface area (Å²) in [5.74, 6) is -0.686. The van der Waals surface area contributed by atoms with Crippen LogP contribution in [-0.2, 0) is 9.53 Å². The van der Waals surface area contributed by atoms with Crippen molar-refractivity contribution < 1.29 is 9.53 Å². The van der Waals surface area contributed by atoms with E-state index in [1.54, 1.807) is 6.07 Å². The molecular formula is C8H11N3O2. The maximum Gasteiger partial charge on any atom is 0.260 e. The third kappa shape index (κ3) is 2.76. The van der Waals surface area contributed by atoms with Gasteiger partial charge in [-0.2, -0.15) is 5.26 Å². The summed E-state index contributed by atoms with van der Waals surface area (Å²) in [4.78, 5) is 12.5. The molecule has 2 N–H and O–H groups in total. The molecule has 70 valence electrons. The van der Waals surface area contributed by atoms with Crippen LogP contribution in [0.1, 0.15) is 0 Å². The van der Waals surface area contributed by atoms with Gasteiger partial charge in [-0.3, -0.25) is 4.79 Å². The van der Waals surface area contributed by atoms with Gasteiger partial charge in [0.1, 0.15) is 11.6 Å². The number of carbonyl (C=O) groups excluding carboxylic acids is 1. The molecule has 1 fully saturated rings. The summed E-state index contributed by atoms with van der Waals surface area (Å²) >= 11 is 0. The minimum Gasteiger partial charge on any atom is -0.378 e. The number of amides is 1. The van der Waals surface area contributed by atoms with E-state index in [9.17, 15) is 4.79 Å². The quantitative estimate of drug-likeness (QED) is 0.447. The van der Waals surface area contributed by atoms with Gasteiger partial charge in [0.25, 0.3) is 5.91 Å². The van der Waals surface area contributed by atoms with E-state index in [1.807, 2.05) is 4.90 Å². The largest absolute Gasteiger partial charge is 0.378 e. The highest BCUT2D eigenvalue weighted by Crippen LogP contribution is 2.01. The average Bonchev–Trinajstić information content (AvgIpc) is 2.15. The lowest BCUT2D eigenvalue weighted by molar-refractivity contribution is -0.114. The third-order valence-corrected chi connectivity index (χ3v) is 1.74. The van der Waals surface area contributed by atoms with E-state index in [2.05, 4.69) is 0 Å². The normalized spacial score (nSPS) is 18.1. The van der Waals surface area contributed by atoms with Crippen LogP contribution in [0.2, 0.25) is 0 Å². The summed E-state index contributed by atoms with van der Waals surface area (Å²) in [5, 5.41) is 8.55. The number of nitriles is 1. The van der Waals surface area contributed by atoms with Gasteiger partial charge in [-0.1, -0.05) is 0 Å². The Bertz CT molecular complexity index is 261. The van der Waals surface area contributed by atoms with Gasteiger partial charge in [-0.05, 0) is 0 Å². The van der Waals surface area contributed by atoms with E-state index in [0.29, 0.717) is 26.3 Å². The van der Waals surface area contributed by atoms with E-state index in [-0.39, 0.29) is 5.57 Å². The lowest BCUT2D eigenvalue weighted by atomic mass is 10.3. The Hall–Kier alpha value is -1.54. The van der Waals surface area contributed by atoms with Crippen molar-refractivity contribution in [2.75, 3.05) is 26.3 Å². The van der Waals surface area contributed by atoms with E-state index in [0.717, 1.165) is 0 Å². The first-order chi connectivity index (χ1) is 6.24. The van der Waals surface area contributed by atoms with E-state index in [4.69, 9.17) is 15.7 Å². The Kier molecular flexibility index (Phi) is 3.29. The van der Waals surface area contributed by atoms with Crippen LogP contribution in [-0.4, -0.2) is 37.1 Å². The Labute approximate surface area is 76.4 Å². The minimum atomic E-state index is -0.686. The summed E-state index contributed by atoms with van der Waals surface area (Å²) in [6.07, 6.45) is 1.49. The van der Waals surface area contributed by atoms with Crippen molar-refractivity contribution in [2.45, 2.75) is 0 Å². The molecule has 5 heteroatoms. The van der Waals surface area contributed by atoms with Crippen LogP contribution in [0.3, 0.4) is 0 Å². The van der Waals surface area contributed by atoms with Crippen molar-refractivity contribution >= 4 is 5.91 Å². The average molecular weight is 181 g/mol. The SMILES string of the molecule is N#CC(=CN1CCOCC1)C(N)=O. The molecule has 0 bridgehead atoms. The van der Waals surface area contributed by atoms with Crippen LogP contribution in [0, 0.1) is 11.3 Å². The van der Waals surface area contributed by atoms with Gasteiger partial charge < -0.3 is 15.4 Å². The first-order valence-electron chi connectivity index (χ1n) is 3.97. The number of carbonyl (C=O) groups is 1. The Morgan fingerprint density at radius 2 is 2.15 bits per heavy atom. The molecule has 0 radical (unpaired) electrons. The molecule has 0 aromatic heterocycles. The van der Waals surface area contributed by atoms with Crippen LogP contribution >= 0.6 is 0 Å². The summed E-state index contributed by atoms with van der Waals surface area (Å²) in [5.41, 5.74) is 4.96. The number of hydrogen-bond donors (Lipinski definition) is 1. The molecule has 0 saturated carbocycles. The summed E-state index contributed by atoms with van der Waals surface area (Å²) in [6.45, 7) is 2.62. The number of primary amides is 1. The fourth-order valence-corrected chi connectivity index (χ4v) is 1.04. The standard InChI is InChI=1S/C8H11N3O2/c9-5-7(8(10)12)6-11-1-3-13-4-2-11/h6H,1-4H2,(H2,10,12). The molecule has 0 spiro atoms. The molecule has 5 nitrogen and oxygen atoms in total. The fraction of sp³-hybridized carbons (Fsp3) is 0.500. The van der Waals surface area contributed by atoms with Crippen LogP contribution in [0.5, 0.6) is 0 Å². The maximum atomic E-state index is 10.7. The zero-order valence-electron chi connectivity index (χ0n) is 7.19. The van der Waals surface area contributed by atoms with Crippen LogP contribution in [0.25, 0.3) is 0 Å². The zero-order chi connectivity index (χ0) is 9.68. The van der Waals surface area contributed by atoms with Crippen LogP contribution < -0.4 is 5.73 Å². The summed E-state index contributed by atoms with van der Waals surface area (Å²) in [7, 11) is 0. The Morgan fingerprint density at radius 1 is 1.54 bits per heavy atom. The van der Waals surface area contributed by atoms with Crippen molar-refractivity contribution in [3.8, 4) is 6.07 Å².